The van der Waals surface area contributed by atoms with Crippen LogP contribution in [0.5, 0.6) is 5.75 Å². The Morgan fingerprint density at radius 3 is 2.56 bits per heavy atom. The Bertz CT molecular complexity index is 1530. The van der Waals surface area contributed by atoms with Crippen molar-refractivity contribution < 1.29 is 41.8 Å². The summed E-state index contributed by atoms with van der Waals surface area (Å²) >= 11 is 0. The zero-order valence-corrected chi connectivity index (χ0v) is 24.0. The van der Waals surface area contributed by atoms with Crippen LogP contribution >= 0.6 is 7.75 Å². The Labute approximate surface area is 235 Å². The highest BCUT2D eigenvalue weighted by Gasteiger charge is 2.65. The zero-order valence-electron chi connectivity index (χ0n) is 23.1. The minimum Gasteiger partial charge on any atom is -0.462 e. The monoisotopic (exact) mass is 595 g/mol. The van der Waals surface area contributed by atoms with Gasteiger partial charge in [-0.1, -0.05) is 36.4 Å². The second-order valence-electron chi connectivity index (χ2n) is 10.2. The molecule has 1 aliphatic rings. The molecule has 1 fully saturated rings. The van der Waals surface area contributed by atoms with E-state index in [1.807, 2.05) is 0 Å². The van der Waals surface area contributed by atoms with Crippen molar-refractivity contribution in [3.05, 3.63) is 70.9 Å². The van der Waals surface area contributed by atoms with Gasteiger partial charge in [-0.05, 0) is 52.1 Å². The number of carbonyl (C=O) groups excluding carboxylic acids is 1. The number of fused-ring (bicyclic) bond motifs is 1. The number of aliphatic hydroxyl groups is 1. The van der Waals surface area contributed by atoms with E-state index in [0.29, 0.717) is 15.6 Å². The van der Waals surface area contributed by atoms with Gasteiger partial charge in [-0.25, -0.2) is 18.1 Å². The first-order chi connectivity index (χ1) is 19.1. The van der Waals surface area contributed by atoms with E-state index in [-0.39, 0.29) is 5.75 Å². The molecule has 2 aromatic carbocycles. The van der Waals surface area contributed by atoms with Crippen LogP contribution in [0.15, 0.2) is 59.5 Å². The highest BCUT2D eigenvalue weighted by atomic mass is 31.2. The van der Waals surface area contributed by atoms with Crippen LogP contribution in [-0.2, 0) is 23.4 Å². The maximum absolute atomic E-state index is 16.1. The van der Waals surface area contributed by atoms with Crippen molar-refractivity contribution in [1.82, 2.24) is 14.6 Å². The first kappa shape index (κ1) is 30.7. The topological polar surface area (TPSA) is 138 Å². The molecule has 1 aliphatic heterocycles. The lowest BCUT2D eigenvalue weighted by atomic mass is 9.97. The Morgan fingerprint density at radius 1 is 1.20 bits per heavy atom. The lowest BCUT2D eigenvalue weighted by molar-refractivity contribution is -0.204. The summed E-state index contributed by atoms with van der Waals surface area (Å²) in [6.45, 7) is 5.67. The third kappa shape index (κ3) is 6.49. The molecule has 6 atom stereocenters. The standard InChI is InChI=1S/C27H32F2N3O8P/c1-16(2)38-22(33)18(4)31-41(36,40-21-12-8-10-19-9-6-7-11-20(19)21)37-15-27(29)23(34)26(5,28)24(39-27)32-14-13-17(3)30-25(32)35/h6-14,16,18,23-24,34H,15H2,1-5H3,(H,31,36)/t18-,23-,24+,26+,27+,41-/m0/s1. The van der Waals surface area contributed by atoms with E-state index in [4.69, 9.17) is 18.5 Å². The third-order valence-electron chi connectivity index (χ3n) is 6.41. The summed E-state index contributed by atoms with van der Waals surface area (Å²) in [5.74, 6) is -4.01. The summed E-state index contributed by atoms with van der Waals surface area (Å²) in [6, 6.07) is 12.0. The van der Waals surface area contributed by atoms with Crippen molar-refractivity contribution in [3.63, 3.8) is 0 Å². The highest BCUT2D eigenvalue weighted by molar-refractivity contribution is 7.52. The molecule has 4 rings (SSSR count). The molecule has 0 spiro atoms. The van der Waals surface area contributed by atoms with Crippen LogP contribution in [-0.4, -0.2) is 57.0 Å². The fraction of sp³-hybridized carbons (Fsp3) is 0.444. The Kier molecular flexibility index (Phi) is 8.68. The number of aliphatic hydroxyl groups excluding tert-OH is 1. The molecule has 1 aromatic heterocycles. The van der Waals surface area contributed by atoms with Gasteiger partial charge in [-0.15, -0.1) is 0 Å². The van der Waals surface area contributed by atoms with Gasteiger partial charge in [0.25, 0.3) is 5.85 Å². The summed E-state index contributed by atoms with van der Waals surface area (Å²) in [6.07, 6.45) is -3.74. The van der Waals surface area contributed by atoms with Crippen molar-refractivity contribution in [3.8, 4) is 5.75 Å². The number of carbonyl (C=O) groups is 1. The van der Waals surface area contributed by atoms with E-state index in [2.05, 4.69) is 10.1 Å². The van der Waals surface area contributed by atoms with Crippen LogP contribution in [0.25, 0.3) is 10.8 Å². The third-order valence-corrected chi connectivity index (χ3v) is 8.02. The van der Waals surface area contributed by atoms with E-state index >= 15 is 8.78 Å². The van der Waals surface area contributed by atoms with Gasteiger partial charge in [0, 0.05) is 17.3 Å². The van der Waals surface area contributed by atoms with Crippen molar-refractivity contribution >= 4 is 24.5 Å². The molecule has 2 N–H and O–H groups in total. The van der Waals surface area contributed by atoms with Crippen LogP contribution < -0.4 is 15.3 Å². The van der Waals surface area contributed by atoms with Gasteiger partial charge in [0.05, 0.1) is 6.10 Å². The average Bonchev–Trinajstić information content (AvgIpc) is 3.07. The maximum Gasteiger partial charge on any atom is 0.459 e. The summed E-state index contributed by atoms with van der Waals surface area (Å²) in [7, 11) is -4.66. The molecule has 1 saturated heterocycles. The molecule has 0 aliphatic carbocycles. The molecule has 0 radical (unpaired) electrons. The number of ether oxygens (including phenoxy) is 2. The quantitative estimate of drug-likeness (QED) is 0.260. The molecular formula is C27H32F2N3O8P. The Balaban J connectivity index is 1.64. The lowest BCUT2D eigenvalue weighted by Crippen LogP contribution is -2.47. The fourth-order valence-electron chi connectivity index (χ4n) is 4.33. The van der Waals surface area contributed by atoms with Crippen LogP contribution in [0.4, 0.5) is 8.78 Å². The molecule has 0 saturated carbocycles. The van der Waals surface area contributed by atoms with Crippen LogP contribution in [0.2, 0.25) is 0 Å². The molecular weight excluding hydrogens is 563 g/mol. The van der Waals surface area contributed by atoms with E-state index < -0.39 is 62.0 Å². The van der Waals surface area contributed by atoms with Crippen molar-refractivity contribution in [2.24, 2.45) is 0 Å². The second kappa shape index (κ2) is 11.6. The average molecular weight is 596 g/mol. The molecule has 11 nitrogen and oxygen atoms in total. The number of hydrogen-bond donors (Lipinski definition) is 2. The van der Waals surface area contributed by atoms with Crippen molar-refractivity contribution in [2.45, 2.75) is 70.6 Å². The van der Waals surface area contributed by atoms with Gasteiger partial charge < -0.3 is 19.1 Å². The summed E-state index contributed by atoms with van der Waals surface area (Å²) in [5, 5.41) is 14.3. The molecule has 0 bridgehead atoms. The molecule has 41 heavy (non-hydrogen) atoms. The van der Waals surface area contributed by atoms with E-state index in [0.717, 1.165) is 18.5 Å². The molecule has 14 heteroatoms. The minimum atomic E-state index is -4.66. The van der Waals surface area contributed by atoms with Gasteiger partial charge in [-0.2, -0.15) is 10.1 Å². The van der Waals surface area contributed by atoms with Gasteiger partial charge in [-0.3, -0.25) is 13.9 Å². The fourth-order valence-corrected chi connectivity index (χ4v) is 5.86. The number of alkyl halides is 2. The first-order valence-corrected chi connectivity index (χ1v) is 14.4. The predicted octanol–water partition coefficient (Wildman–Crippen LogP) is 4.12. The highest BCUT2D eigenvalue weighted by Crippen LogP contribution is 2.52. The van der Waals surface area contributed by atoms with E-state index in [9.17, 15) is 19.3 Å². The normalized spacial score (nSPS) is 26.6. The number of halogens is 2. The molecule has 0 unspecified atom stereocenters. The maximum atomic E-state index is 16.1. The van der Waals surface area contributed by atoms with Gasteiger partial charge in [0.15, 0.2) is 18.0 Å². The minimum absolute atomic E-state index is 0.0784. The lowest BCUT2D eigenvalue weighted by Gasteiger charge is -2.28. The molecule has 222 valence electrons. The van der Waals surface area contributed by atoms with Gasteiger partial charge in [0.2, 0.25) is 0 Å². The number of rotatable bonds is 10. The van der Waals surface area contributed by atoms with Gasteiger partial charge in [0.1, 0.15) is 18.4 Å². The summed E-state index contributed by atoms with van der Waals surface area (Å²) < 4.78 is 67.9. The Morgan fingerprint density at radius 2 is 1.88 bits per heavy atom. The summed E-state index contributed by atoms with van der Waals surface area (Å²) in [4.78, 5) is 28.5. The van der Waals surface area contributed by atoms with Crippen molar-refractivity contribution in [1.29, 1.82) is 0 Å². The molecule has 3 aromatic rings. The number of nitrogens with one attached hydrogen (secondary N) is 1. The second-order valence-corrected chi connectivity index (χ2v) is 11.9. The predicted molar refractivity (Wildman–Crippen MR) is 145 cm³/mol. The number of nitrogens with zero attached hydrogens (tertiary/aromatic N) is 2. The molecule has 0 amide bonds. The van der Waals surface area contributed by atoms with Gasteiger partial charge >= 0.3 is 19.4 Å². The number of aryl methyl sites for hydroxylation is 1. The number of aromatic nitrogens is 2. The molecule has 2 heterocycles. The number of hydrogen-bond acceptors (Lipinski definition) is 9. The number of esters is 1. The number of benzene rings is 2. The van der Waals surface area contributed by atoms with Crippen LogP contribution in [0, 0.1) is 6.92 Å². The first-order valence-electron chi connectivity index (χ1n) is 12.8. The van der Waals surface area contributed by atoms with Crippen LogP contribution in [0.1, 0.15) is 39.6 Å². The van der Waals surface area contributed by atoms with Crippen molar-refractivity contribution in [2.75, 3.05) is 6.61 Å². The largest absolute Gasteiger partial charge is 0.462 e. The van der Waals surface area contributed by atoms with E-state index in [1.54, 1.807) is 50.2 Å². The van der Waals surface area contributed by atoms with Crippen LogP contribution in [0.3, 0.4) is 0 Å². The zero-order chi connectivity index (χ0) is 30.2. The Hall–Kier alpha value is -3.22. The SMILES string of the molecule is Cc1ccn([C@@H]2O[C@](F)(CO[P@@](=O)(N[C@@H](C)C(=O)OC(C)C)Oc3cccc4ccccc34)[C@@H](O)[C@@]2(C)F)c(=O)n1. The van der Waals surface area contributed by atoms with E-state index in [1.165, 1.54) is 26.0 Å². The smallest absolute Gasteiger partial charge is 0.459 e. The summed E-state index contributed by atoms with van der Waals surface area (Å²) in [5.41, 5.74) is -3.43.